The minimum atomic E-state index is -0.695. The number of benzene rings is 1. The minimum Gasteiger partial charge on any atom is -0.480 e. The molecular weight excluding hydrogens is 262 g/mol. The van der Waals surface area contributed by atoms with E-state index in [-0.39, 0.29) is 0 Å². The van der Waals surface area contributed by atoms with Crippen molar-refractivity contribution < 1.29 is 9.90 Å². The molecule has 0 saturated heterocycles. The molecule has 2 aliphatic rings. The van der Waals surface area contributed by atoms with Crippen molar-refractivity contribution in [2.45, 2.75) is 57.5 Å². The number of carbonyl (C=O) groups is 1. The first kappa shape index (κ1) is 14.6. The second-order valence-corrected chi connectivity index (χ2v) is 6.69. The summed E-state index contributed by atoms with van der Waals surface area (Å²) >= 11 is 0. The fourth-order valence-electron chi connectivity index (χ4n) is 4.05. The zero-order valence-electron chi connectivity index (χ0n) is 12.8. The van der Waals surface area contributed by atoms with Crippen LogP contribution < -0.4 is 0 Å². The van der Waals surface area contributed by atoms with Gasteiger partial charge >= 0.3 is 5.97 Å². The summed E-state index contributed by atoms with van der Waals surface area (Å²) in [6, 6.07) is 8.05. The number of nitrogens with zero attached hydrogens (tertiary/aromatic N) is 1. The lowest BCUT2D eigenvalue weighted by atomic mass is 9.90. The van der Waals surface area contributed by atoms with Crippen LogP contribution in [0.2, 0.25) is 0 Å². The highest BCUT2D eigenvalue weighted by Crippen LogP contribution is 2.35. The van der Waals surface area contributed by atoms with E-state index in [9.17, 15) is 9.90 Å². The second kappa shape index (κ2) is 6.18. The Morgan fingerprint density at radius 1 is 1.19 bits per heavy atom. The summed E-state index contributed by atoms with van der Waals surface area (Å²) in [5.74, 6) is 0.0924. The molecule has 0 radical (unpaired) electrons. The highest BCUT2D eigenvalue weighted by molar-refractivity contribution is 5.76. The molecule has 1 heterocycles. The van der Waals surface area contributed by atoms with Crippen molar-refractivity contribution >= 4 is 5.97 Å². The van der Waals surface area contributed by atoms with Gasteiger partial charge in [0.2, 0.25) is 0 Å². The van der Waals surface area contributed by atoms with Crippen molar-refractivity contribution in [3.8, 4) is 0 Å². The van der Waals surface area contributed by atoms with Crippen LogP contribution in [0.4, 0.5) is 0 Å². The fourth-order valence-corrected chi connectivity index (χ4v) is 4.05. The van der Waals surface area contributed by atoms with Gasteiger partial charge in [-0.05, 0) is 42.7 Å². The summed E-state index contributed by atoms with van der Waals surface area (Å²) in [7, 11) is 0. The number of rotatable bonds is 2. The third-order valence-electron chi connectivity index (χ3n) is 5.25. The summed E-state index contributed by atoms with van der Waals surface area (Å²) in [5.41, 5.74) is 2.22. The molecule has 1 aliphatic heterocycles. The number of carboxylic acid groups (broad SMARTS) is 1. The topological polar surface area (TPSA) is 40.5 Å². The van der Waals surface area contributed by atoms with Crippen LogP contribution >= 0.6 is 0 Å². The average Bonchev–Trinajstić information content (AvgIpc) is 2.70. The Balaban J connectivity index is 1.86. The van der Waals surface area contributed by atoms with Crippen LogP contribution in [0.3, 0.4) is 0 Å². The smallest absolute Gasteiger partial charge is 0.325 e. The van der Waals surface area contributed by atoms with Crippen LogP contribution in [0.5, 0.6) is 0 Å². The molecule has 0 amide bonds. The van der Waals surface area contributed by atoms with E-state index in [4.69, 9.17) is 0 Å². The van der Waals surface area contributed by atoms with E-state index in [1.54, 1.807) is 0 Å². The first-order chi connectivity index (χ1) is 10.2. The van der Waals surface area contributed by atoms with Gasteiger partial charge in [0.15, 0.2) is 0 Å². The molecule has 3 unspecified atom stereocenters. The molecule has 0 spiro atoms. The van der Waals surface area contributed by atoms with E-state index in [0.717, 1.165) is 37.3 Å². The predicted molar refractivity (Wildman–Crippen MR) is 83.3 cm³/mol. The van der Waals surface area contributed by atoms with Crippen LogP contribution in [0.15, 0.2) is 24.3 Å². The molecule has 1 aromatic carbocycles. The van der Waals surface area contributed by atoms with Crippen LogP contribution in [0, 0.1) is 5.92 Å². The van der Waals surface area contributed by atoms with Crippen molar-refractivity contribution in [2.24, 2.45) is 5.92 Å². The van der Waals surface area contributed by atoms with E-state index in [0.29, 0.717) is 6.04 Å². The van der Waals surface area contributed by atoms with Crippen LogP contribution in [0.25, 0.3) is 0 Å². The highest BCUT2D eigenvalue weighted by atomic mass is 16.4. The molecule has 3 rings (SSSR count). The maximum absolute atomic E-state index is 11.9. The molecule has 3 heteroatoms. The zero-order valence-corrected chi connectivity index (χ0v) is 12.8. The minimum absolute atomic E-state index is 0.435. The van der Waals surface area contributed by atoms with Crippen LogP contribution in [-0.2, 0) is 11.2 Å². The standard InChI is InChI=1S/C18H25NO2/c1-13-5-4-7-15(10-9-13)19-12-11-14-6-2-3-8-16(14)17(19)18(20)21/h2-3,6,8,13,15,17H,4-5,7,9-12H2,1H3,(H,20,21). The Hall–Kier alpha value is -1.35. The van der Waals surface area contributed by atoms with Gasteiger partial charge in [-0.2, -0.15) is 0 Å². The first-order valence-corrected chi connectivity index (χ1v) is 8.23. The summed E-state index contributed by atoms with van der Waals surface area (Å²) in [6.07, 6.45) is 7.03. The first-order valence-electron chi connectivity index (χ1n) is 8.23. The Labute approximate surface area is 127 Å². The molecule has 0 bridgehead atoms. The molecule has 1 N–H and O–H groups in total. The quantitative estimate of drug-likeness (QED) is 0.844. The van der Waals surface area contributed by atoms with Crippen molar-refractivity contribution in [1.29, 1.82) is 0 Å². The lowest BCUT2D eigenvalue weighted by Crippen LogP contribution is -2.45. The third kappa shape index (κ3) is 2.98. The largest absolute Gasteiger partial charge is 0.480 e. The van der Waals surface area contributed by atoms with Crippen molar-refractivity contribution in [3.05, 3.63) is 35.4 Å². The average molecular weight is 287 g/mol. The van der Waals surface area contributed by atoms with Crippen LogP contribution in [-0.4, -0.2) is 28.6 Å². The van der Waals surface area contributed by atoms with E-state index in [2.05, 4.69) is 17.9 Å². The van der Waals surface area contributed by atoms with E-state index in [1.807, 2.05) is 18.2 Å². The number of fused-ring (bicyclic) bond motifs is 1. The van der Waals surface area contributed by atoms with Crippen molar-refractivity contribution in [3.63, 3.8) is 0 Å². The second-order valence-electron chi connectivity index (χ2n) is 6.69. The Bertz CT molecular complexity index is 514. The van der Waals surface area contributed by atoms with Gasteiger partial charge in [0.25, 0.3) is 0 Å². The van der Waals surface area contributed by atoms with Gasteiger partial charge in [0.1, 0.15) is 6.04 Å². The zero-order chi connectivity index (χ0) is 14.8. The molecule has 114 valence electrons. The Morgan fingerprint density at radius 3 is 2.81 bits per heavy atom. The molecule has 1 aliphatic carbocycles. The Kier molecular flexibility index (Phi) is 4.29. The molecule has 21 heavy (non-hydrogen) atoms. The fraction of sp³-hybridized carbons (Fsp3) is 0.611. The van der Waals surface area contributed by atoms with Crippen molar-refractivity contribution in [1.82, 2.24) is 4.90 Å². The van der Waals surface area contributed by atoms with Gasteiger partial charge in [-0.15, -0.1) is 0 Å². The van der Waals surface area contributed by atoms with Gasteiger partial charge in [-0.25, -0.2) is 0 Å². The van der Waals surface area contributed by atoms with Crippen molar-refractivity contribution in [2.75, 3.05) is 6.54 Å². The molecule has 1 aromatic rings. The maximum Gasteiger partial charge on any atom is 0.325 e. The monoisotopic (exact) mass is 287 g/mol. The van der Waals surface area contributed by atoms with E-state index in [1.165, 1.54) is 24.8 Å². The predicted octanol–water partition coefficient (Wildman–Crippen LogP) is 3.64. The number of aliphatic carboxylic acids is 1. The summed E-state index contributed by atoms with van der Waals surface area (Å²) in [4.78, 5) is 14.1. The lowest BCUT2D eigenvalue weighted by Gasteiger charge is -2.40. The molecule has 3 nitrogen and oxygen atoms in total. The number of hydrogen-bond acceptors (Lipinski definition) is 2. The third-order valence-corrected chi connectivity index (χ3v) is 5.25. The summed E-state index contributed by atoms with van der Waals surface area (Å²) < 4.78 is 0. The van der Waals surface area contributed by atoms with Gasteiger partial charge in [-0.3, -0.25) is 9.69 Å². The van der Waals surface area contributed by atoms with Gasteiger partial charge in [-0.1, -0.05) is 44.0 Å². The summed E-state index contributed by atoms with van der Waals surface area (Å²) in [5, 5.41) is 9.77. The summed E-state index contributed by atoms with van der Waals surface area (Å²) in [6.45, 7) is 3.20. The van der Waals surface area contributed by atoms with Gasteiger partial charge in [0, 0.05) is 12.6 Å². The molecule has 1 saturated carbocycles. The lowest BCUT2D eigenvalue weighted by molar-refractivity contribution is -0.145. The maximum atomic E-state index is 11.9. The van der Waals surface area contributed by atoms with E-state index >= 15 is 0 Å². The van der Waals surface area contributed by atoms with Crippen LogP contribution in [0.1, 0.15) is 56.2 Å². The van der Waals surface area contributed by atoms with E-state index < -0.39 is 12.0 Å². The molecule has 3 atom stereocenters. The molecule has 1 fully saturated rings. The highest BCUT2D eigenvalue weighted by Gasteiger charge is 2.37. The van der Waals surface area contributed by atoms with Gasteiger partial charge < -0.3 is 5.11 Å². The molecular formula is C18H25NO2. The SMILES string of the molecule is CC1CCCC(N2CCc3ccccc3C2C(=O)O)CC1. The Morgan fingerprint density at radius 2 is 2.00 bits per heavy atom. The number of carboxylic acids is 1. The van der Waals surface area contributed by atoms with Gasteiger partial charge in [0.05, 0.1) is 0 Å². The normalized spacial score (nSPS) is 30.4. The number of hydrogen-bond donors (Lipinski definition) is 1. The molecule has 0 aromatic heterocycles.